The number of amides is 1. The highest BCUT2D eigenvalue weighted by Gasteiger charge is 2.16. The van der Waals surface area contributed by atoms with Crippen LogP contribution in [-0.4, -0.2) is 21.6 Å². The third-order valence-corrected chi connectivity index (χ3v) is 5.21. The Morgan fingerprint density at radius 1 is 1.14 bits per heavy atom. The van der Waals surface area contributed by atoms with Crippen molar-refractivity contribution < 1.29 is 9.53 Å². The largest absolute Gasteiger partial charge is 0.481 e. The van der Waals surface area contributed by atoms with Crippen LogP contribution in [0.15, 0.2) is 61.2 Å². The van der Waals surface area contributed by atoms with Crippen molar-refractivity contribution in [2.45, 2.75) is 45.3 Å². The van der Waals surface area contributed by atoms with Crippen LogP contribution in [0.1, 0.15) is 36.5 Å². The average Bonchev–Trinajstić information content (AvgIpc) is 3.27. The van der Waals surface area contributed by atoms with E-state index in [4.69, 9.17) is 4.74 Å². The Morgan fingerprint density at radius 3 is 2.68 bits per heavy atom. The summed E-state index contributed by atoms with van der Waals surface area (Å²) in [6, 6.07) is 14.2. The second-order valence-electron chi connectivity index (χ2n) is 7.25. The first-order valence-electron chi connectivity index (χ1n) is 9.82. The van der Waals surface area contributed by atoms with E-state index in [0.717, 1.165) is 29.8 Å². The highest BCUT2D eigenvalue weighted by atomic mass is 16.5. The topological polar surface area (TPSA) is 56.1 Å². The number of hydrogen-bond donors (Lipinski definition) is 1. The lowest BCUT2D eigenvalue weighted by Gasteiger charge is -2.19. The van der Waals surface area contributed by atoms with E-state index in [1.54, 1.807) is 19.4 Å². The Hall–Kier alpha value is -3.08. The van der Waals surface area contributed by atoms with Crippen LogP contribution in [0.25, 0.3) is 5.69 Å². The monoisotopic (exact) mass is 375 g/mol. The summed E-state index contributed by atoms with van der Waals surface area (Å²) in [6.45, 7) is 2.26. The maximum Gasteiger partial charge on any atom is 0.261 e. The van der Waals surface area contributed by atoms with Gasteiger partial charge in [-0.1, -0.05) is 18.2 Å². The number of carbonyl (C=O) groups excluding carboxylic acids is 1. The van der Waals surface area contributed by atoms with Crippen molar-refractivity contribution in [2.75, 3.05) is 0 Å². The van der Waals surface area contributed by atoms with Gasteiger partial charge in [-0.15, -0.1) is 0 Å². The first-order valence-corrected chi connectivity index (χ1v) is 9.82. The lowest BCUT2D eigenvalue weighted by atomic mass is 9.92. The quantitative estimate of drug-likeness (QED) is 0.712. The van der Waals surface area contributed by atoms with Crippen molar-refractivity contribution in [3.63, 3.8) is 0 Å². The Labute approximate surface area is 165 Å². The van der Waals surface area contributed by atoms with Crippen molar-refractivity contribution in [1.82, 2.24) is 14.9 Å². The molecule has 0 saturated heterocycles. The average molecular weight is 375 g/mol. The molecular formula is C23H25N3O2. The van der Waals surface area contributed by atoms with E-state index in [-0.39, 0.29) is 5.91 Å². The molecule has 0 fully saturated rings. The van der Waals surface area contributed by atoms with Gasteiger partial charge in [-0.2, -0.15) is 0 Å². The van der Waals surface area contributed by atoms with Gasteiger partial charge >= 0.3 is 0 Å². The molecule has 0 spiro atoms. The van der Waals surface area contributed by atoms with E-state index in [0.29, 0.717) is 6.54 Å². The SMILES string of the molecule is CC(Oc1ccc2c(c1)CCCC2)C(=O)NCc1ccc(-n2ccnc2)cc1. The number of aromatic nitrogens is 2. The lowest BCUT2D eigenvalue weighted by molar-refractivity contribution is -0.127. The minimum Gasteiger partial charge on any atom is -0.481 e. The standard InChI is InChI=1S/C23H25N3O2/c1-17(28-22-11-8-19-4-2-3-5-20(19)14-22)23(27)25-15-18-6-9-21(10-7-18)26-13-12-24-16-26/h6-14,16-17H,2-5,15H2,1H3,(H,25,27). The minimum absolute atomic E-state index is 0.114. The highest BCUT2D eigenvalue weighted by Crippen LogP contribution is 2.25. The highest BCUT2D eigenvalue weighted by molar-refractivity contribution is 5.80. The number of fused-ring (bicyclic) bond motifs is 1. The van der Waals surface area contributed by atoms with Crippen LogP contribution >= 0.6 is 0 Å². The van der Waals surface area contributed by atoms with Crippen molar-refractivity contribution in [1.29, 1.82) is 0 Å². The van der Waals surface area contributed by atoms with Gasteiger partial charge in [0.25, 0.3) is 5.91 Å². The van der Waals surface area contributed by atoms with Crippen molar-refractivity contribution in [3.8, 4) is 11.4 Å². The first-order chi connectivity index (χ1) is 13.7. The number of benzene rings is 2. The van der Waals surface area contributed by atoms with E-state index >= 15 is 0 Å². The van der Waals surface area contributed by atoms with Crippen molar-refractivity contribution in [2.24, 2.45) is 0 Å². The van der Waals surface area contributed by atoms with Gasteiger partial charge in [-0.25, -0.2) is 4.98 Å². The van der Waals surface area contributed by atoms with E-state index < -0.39 is 6.10 Å². The van der Waals surface area contributed by atoms with Gasteiger partial charge in [0.15, 0.2) is 6.10 Å². The predicted molar refractivity (Wildman–Crippen MR) is 109 cm³/mol. The van der Waals surface area contributed by atoms with Crippen molar-refractivity contribution >= 4 is 5.91 Å². The molecule has 1 aliphatic carbocycles. The Balaban J connectivity index is 1.31. The fourth-order valence-corrected chi connectivity index (χ4v) is 3.57. The number of ether oxygens (including phenoxy) is 1. The van der Waals surface area contributed by atoms with Gasteiger partial charge in [0.2, 0.25) is 0 Å². The summed E-state index contributed by atoms with van der Waals surface area (Å²) in [4.78, 5) is 16.5. The number of hydrogen-bond acceptors (Lipinski definition) is 3. The minimum atomic E-state index is -0.535. The molecule has 5 heteroatoms. The van der Waals surface area contributed by atoms with Crippen LogP contribution in [0.4, 0.5) is 0 Å². The molecule has 0 bridgehead atoms. The number of carbonyl (C=O) groups is 1. The van der Waals surface area contributed by atoms with Gasteiger partial charge in [0.05, 0.1) is 6.33 Å². The predicted octanol–water partition coefficient (Wildman–Crippen LogP) is 3.83. The van der Waals surface area contributed by atoms with E-state index in [2.05, 4.69) is 22.4 Å². The van der Waals surface area contributed by atoms with E-state index in [1.165, 1.54) is 24.0 Å². The summed E-state index contributed by atoms with van der Waals surface area (Å²) in [6.07, 6.45) is 9.60. The van der Waals surface area contributed by atoms with E-state index in [1.807, 2.05) is 41.1 Å². The molecule has 3 aromatic rings. The molecule has 0 saturated carbocycles. The molecule has 28 heavy (non-hydrogen) atoms. The van der Waals surface area contributed by atoms with Crippen molar-refractivity contribution in [3.05, 3.63) is 77.9 Å². The smallest absolute Gasteiger partial charge is 0.261 e. The molecule has 1 N–H and O–H groups in total. The molecule has 5 nitrogen and oxygen atoms in total. The zero-order valence-electron chi connectivity index (χ0n) is 16.1. The number of aryl methyl sites for hydroxylation is 2. The summed E-state index contributed by atoms with van der Waals surface area (Å²) >= 11 is 0. The third kappa shape index (κ3) is 4.25. The van der Waals surface area contributed by atoms with Crippen LogP contribution in [0.3, 0.4) is 0 Å². The van der Waals surface area contributed by atoms with Crippen LogP contribution in [0.2, 0.25) is 0 Å². The summed E-state index contributed by atoms with van der Waals surface area (Å²) in [5.74, 6) is 0.657. The fraction of sp³-hybridized carbons (Fsp3) is 0.304. The number of nitrogens with zero attached hydrogens (tertiary/aromatic N) is 2. The maximum atomic E-state index is 12.4. The van der Waals surface area contributed by atoms with Crippen LogP contribution in [0.5, 0.6) is 5.75 Å². The normalized spacial score (nSPS) is 14.2. The Morgan fingerprint density at radius 2 is 1.93 bits per heavy atom. The van der Waals surface area contributed by atoms with Crippen LogP contribution < -0.4 is 10.1 Å². The molecule has 144 valence electrons. The number of nitrogens with one attached hydrogen (secondary N) is 1. The molecule has 1 heterocycles. The molecular weight excluding hydrogens is 350 g/mol. The molecule has 1 atom stereocenters. The van der Waals surface area contributed by atoms with Gasteiger partial charge in [0, 0.05) is 24.6 Å². The molecule has 0 aliphatic heterocycles. The summed E-state index contributed by atoms with van der Waals surface area (Å²) in [5, 5.41) is 2.95. The van der Waals surface area contributed by atoms with Gasteiger partial charge in [-0.3, -0.25) is 4.79 Å². The summed E-state index contributed by atoms with van der Waals surface area (Å²) in [7, 11) is 0. The van der Waals surface area contributed by atoms with Gasteiger partial charge < -0.3 is 14.6 Å². The molecule has 0 radical (unpaired) electrons. The van der Waals surface area contributed by atoms with Crippen LogP contribution in [-0.2, 0) is 24.2 Å². The number of rotatable bonds is 6. The first kappa shape index (κ1) is 18.3. The van der Waals surface area contributed by atoms with Gasteiger partial charge in [0.1, 0.15) is 5.75 Å². The fourth-order valence-electron chi connectivity index (χ4n) is 3.57. The van der Waals surface area contributed by atoms with Crippen LogP contribution in [0, 0.1) is 0 Å². The zero-order chi connectivity index (χ0) is 19.3. The molecule has 2 aromatic carbocycles. The molecule has 1 unspecified atom stereocenters. The van der Waals surface area contributed by atoms with E-state index in [9.17, 15) is 4.79 Å². The second kappa shape index (κ2) is 8.30. The lowest BCUT2D eigenvalue weighted by Crippen LogP contribution is -2.35. The second-order valence-corrected chi connectivity index (χ2v) is 7.25. The summed E-state index contributed by atoms with van der Waals surface area (Å²) < 4.78 is 7.82. The molecule has 4 rings (SSSR count). The Kier molecular flexibility index (Phi) is 5.42. The van der Waals surface area contributed by atoms with Gasteiger partial charge in [-0.05, 0) is 73.6 Å². The third-order valence-electron chi connectivity index (χ3n) is 5.21. The zero-order valence-corrected chi connectivity index (χ0v) is 16.1. The number of imidazole rings is 1. The molecule has 1 aliphatic rings. The molecule has 1 aromatic heterocycles. The maximum absolute atomic E-state index is 12.4. The Bertz CT molecular complexity index is 933. The summed E-state index contributed by atoms with van der Waals surface area (Å²) in [5.41, 5.74) is 4.85. The molecule has 1 amide bonds.